The van der Waals surface area contributed by atoms with E-state index in [0.29, 0.717) is 0 Å². The van der Waals surface area contributed by atoms with E-state index in [4.69, 9.17) is 5.50 Å². The predicted molar refractivity (Wildman–Crippen MR) is 27.6 cm³/mol. The molecule has 0 amide bonds. The zero-order chi connectivity index (χ0) is 4.28. The van der Waals surface area contributed by atoms with Crippen LogP contribution >= 0.6 is 8.35 Å². The van der Waals surface area contributed by atoms with Crippen molar-refractivity contribution in [1.29, 1.82) is 0 Å². The molecule has 2 N–H and O–H groups in total. The van der Waals surface area contributed by atoms with Gasteiger partial charge in [-0.15, -0.1) is 0 Å². The Balaban J connectivity index is 3.14. The maximum absolute atomic E-state index is 5.01. The van der Waals surface area contributed by atoms with Crippen LogP contribution in [0.15, 0.2) is 0 Å². The Morgan fingerprint density at radius 2 is 1.80 bits per heavy atom. The average molecular weight is 115 g/mol. The van der Waals surface area contributed by atoms with Gasteiger partial charge in [0.15, 0.2) is 0 Å². The van der Waals surface area contributed by atoms with Crippen molar-refractivity contribution in [3.05, 3.63) is 0 Å². The number of hydrogen-bond donors (Lipinski definition) is 1. The lowest BCUT2D eigenvalue weighted by molar-refractivity contribution is 2.05. The molecule has 0 rings (SSSR count). The Labute approximate surface area is 39.7 Å². The second-order valence-electron chi connectivity index (χ2n) is 0.478. The summed E-state index contributed by atoms with van der Waals surface area (Å²) in [6.07, 6.45) is 0. The van der Waals surface area contributed by atoms with Crippen LogP contribution in [0.2, 0.25) is 0 Å². The van der Waals surface area contributed by atoms with Crippen molar-refractivity contribution < 1.29 is 0 Å². The molecule has 0 atom stereocenters. The normalized spacial score (nSPS) is 8.60. The van der Waals surface area contributed by atoms with Crippen LogP contribution in [0.4, 0.5) is 0 Å². The topological polar surface area (TPSA) is 26.0 Å². The largest absolute Gasteiger partial charge is 0.285 e. The molecule has 0 spiro atoms. The van der Waals surface area contributed by atoms with Crippen LogP contribution < -0.4 is 5.50 Å². The van der Waals surface area contributed by atoms with E-state index >= 15 is 0 Å². The van der Waals surface area contributed by atoms with E-state index in [1.165, 1.54) is 0 Å². The van der Waals surface area contributed by atoms with Gasteiger partial charge in [0, 0.05) is 0 Å². The van der Waals surface area contributed by atoms with Crippen LogP contribution in [0.3, 0.4) is 0 Å². The molecule has 0 heterocycles. The summed E-state index contributed by atoms with van der Waals surface area (Å²) in [5.74, 6) is 0. The monoisotopic (exact) mass is 115 g/mol. The molecule has 0 saturated heterocycles. The molecule has 0 aliphatic heterocycles. The third-order valence-corrected chi connectivity index (χ3v) is 1.16. The zero-order valence-electron chi connectivity index (χ0n) is 2.52. The molecule has 0 aromatic rings. The first-order valence-corrected chi connectivity index (χ1v) is 2.95. The highest BCUT2D eigenvalue weighted by molar-refractivity contribution is 7.49. The van der Waals surface area contributed by atoms with Crippen molar-refractivity contribution in [3.63, 3.8) is 0 Å². The molecule has 1 nitrogen and oxygen atoms in total. The summed E-state index contributed by atoms with van der Waals surface area (Å²) >= 11 is 0. The third kappa shape index (κ3) is 4.56. The van der Waals surface area contributed by atoms with Gasteiger partial charge in [-0.25, -0.2) is 0 Å². The predicted octanol–water partition coefficient (Wildman–Crippen LogP) is -0.769. The van der Waals surface area contributed by atoms with Gasteiger partial charge in [0.1, 0.15) is 0 Å². The zero-order valence-corrected chi connectivity index (χ0v) is 5.42. The fourth-order valence-electron chi connectivity index (χ4n) is 0. The lowest BCUT2D eigenvalue weighted by atomic mass is 11.9. The molecule has 4 heteroatoms. The van der Waals surface area contributed by atoms with E-state index < -0.39 is 0 Å². The van der Waals surface area contributed by atoms with Gasteiger partial charge in [0.25, 0.3) is 0 Å². The molecule has 24 valence electrons. The third-order valence-electron chi connectivity index (χ3n) is 0.129. The average Bonchev–Trinajstić information content (AvgIpc) is 1.38. The number of hydrogen-bond acceptors (Lipinski definition) is 1. The Kier molecular flexibility index (Phi) is 3.10. The van der Waals surface area contributed by atoms with E-state index in [1.807, 2.05) is 0 Å². The Morgan fingerprint density at radius 1 is 1.60 bits per heavy atom. The molecule has 0 fully saturated rings. The highest BCUT2D eigenvalue weighted by Crippen LogP contribution is 1.71. The van der Waals surface area contributed by atoms with Crippen LogP contribution in [-0.2, 0) is 0 Å². The summed E-state index contributed by atoms with van der Waals surface area (Å²) < 4.78 is 0.866. The highest BCUT2D eigenvalue weighted by atomic mass is 31.1. The molecule has 0 saturated carbocycles. The number of rotatable bonds is 0. The molecule has 5 heavy (non-hydrogen) atoms. The summed E-state index contributed by atoms with van der Waals surface area (Å²) in [6.45, 7) is 0. The lowest BCUT2D eigenvalue weighted by Gasteiger charge is -1.71. The van der Waals surface area contributed by atoms with Crippen LogP contribution in [0.1, 0.15) is 0 Å². The van der Waals surface area contributed by atoms with Gasteiger partial charge >= 0.3 is 0 Å². The summed E-state index contributed by atoms with van der Waals surface area (Å²) in [6, 6.07) is 0. The Morgan fingerprint density at radius 3 is 1.80 bits per heavy atom. The highest BCUT2D eigenvalue weighted by Gasteiger charge is 1.64. The minimum atomic E-state index is 0.741. The molecule has 0 aromatic carbocycles. The second kappa shape index (κ2) is 2.78. The van der Waals surface area contributed by atoms with Crippen molar-refractivity contribution in [1.82, 2.24) is 0 Å². The summed E-state index contributed by atoms with van der Waals surface area (Å²) in [5, 5.41) is 0. The molecule has 0 aliphatic carbocycles. The molecule has 6 radical (unpaired) electrons. The first kappa shape index (κ1) is 5.56. The van der Waals surface area contributed by atoms with Crippen molar-refractivity contribution in [3.8, 4) is 0 Å². The summed E-state index contributed by atoms with van der Waals surface area (Å²) in [5.41, 5.74) is 5.01. The minimum Gasteiger partial charge on any atom is -0.285 e. The second-order valence-corrected chi connectivity index (χ2v) is 3.52. The van der Waals surface area contributed by atoms with Gasteiger partial charge in [-0.05, 0) is 8.35 Å². The van der Waals surface area contributed by atoms with Crippen molar-refractivity contribution >= 4 is 33.4 Å². The SMILES string of the molecule is NP=C([Si])[Si]. The molecule has 0 unspecified atom stereocenters. The van der Waals surface area contributed by atoms with Crippen LogP contribution in [0.5, 0.6) is 0 Å². The van der Waals surface area contributed by atoms with E-state index in [1.54, 1.807) is 0 Å². The standard InChI is InChI=1S/CH2NPSi2/c2-3-1(4)5/h2H2. The fourth-order valence-corrected chi connectivity index (χ4v) is 0. The quantitative estimate of drug-likeness (QED) is 0.325. The van der Waals surface area contributed by atoms with E-state index in [9.17, 15) is 0 Å². The van der Waals surface area contributed by atoms with Crippen LogP contribution in [0, 0.1) is 0 Å². The first-order valence-electron chi connectivity index (χ1n) is 0.982. The Hall–Kier alpha value is 0.564. The van der Waals surface area contributed by atoms with Gasteiger partial charge in [-0.2, -0.15) is 0 Å². The summed E-state index contributed by atoms with van der Waals surface area (Å²) in [4.78, 5) is 0. The van der Waals surface area contributed by atoms with Gasteiger partial charge in [0.2, 0.25) is 0 Å². The first-order chi connectivity index (χ1) is 2.27. The molecule has 0 aromatic heterocycles. The molecule has 0 aliphatic rings. The van der Waals surface area contributed by atoms with Crippen molar-refractivity contribution in [2.45, 2.75) is 0 Å². The van der Waals surface area contributed by atoms with Gasteiger partial charge in [0.05, 0.1) is 20.5 Å². The van der Waals surface area contributed by atoms with Crippen LogP contribution in [-0.4, -0.2) is 25.0 Å². The Bertz CT molecular complexity index is 47.6. The molecular formula is CH2NPSi2. The van der Waals surface area contributed by atoms with Gasteiger partial charge < -0.3 is 0 Å². The number of nitrogens with two attached hydrogens (primary N) is 1. The lowest BCUT2D eigenvalue weighted by Crippen LogP contribution is -1.90. The van der Waals surface area contributed by atoms with Crippen molar-refractivity contribution in [2.75, 3.05) is 0 Å². The fraction of sp³-hybridized carbons (Fsp3) is 0. The van der Waals surface area contributed by atoms with Crippen molar-refractivity contribution in [2.24, 2.45) is 5.50 Å². The van der Waals surface area contributed by atoms with E-state index in [0.717, 1.165) is 12.9 Å². The molecular weight excluding hydrogens is 113 g/mol. The van der Waals surface area contributed by atoms with Crippen LogP contribution in [0.25, 0.3) is 0 Å². The smallest absolute Gasteiger partial charge is 0.0660 e. The van der Waals surface area contributed by atoms with E-state index in [-0.39, 0.29) is 0 Å². The van der Waals surface area contributed by atoms with Gasteiger partial charge in [-0.3, -0.25) is 5.50 Å². The summed E-state index contributed by atoms with van der Waals surface area (Å²) in [7, 11) is 6.96. The maximum Gasteiger partial charge on any atom is 0.0660 e. The molecule has 0 bridgehead atoms. The van der Waals surface area contributed by atoms with Gasteiger partial charge in [-0.1, -0.05) is 4.54 Å². The minimum absolute atomic E-state index is 0.741. The maximum atomic E-state index is 5.01. The van der Waals surface area contributed by atoms with E-state index in [2.05, 4.69) is 20.5 Å².